The molecule has 6 heteroatoms. The second kappa shape index (κ2) is 5.70. The molecule has 0 saturated carbocycles. The summed E-state index contributed by atoms with van der Waals surface area (Å²) in [6, 6.07) is 5.91. The van der Waals surface area contributed by atoms with E-state index in [0.717, 1.165) is 0 Å². The highest BCUT2D eigenvalue weighted by Gasteiger charge is 2.47. The number of carbonyl (C=O) groups excluding carboxylic acids is 2. The number of amides is 2. The van der Waals surface area contributed by atoms with Crippen LogP contribution in [0.3, 0.4) is 0 Å². The molecule has 4 rings (SSSR count). The molecule has 0 radical (unpaired) electrons. The van der Waals surface area contributed by atoms with Crippen LogP contribution < -0.4 is 0 Å². The Balaban J connectivity index is 1.54. The van der Waals surface area contributed by atoms with Gasteiger partial charge in [-0.05, 0) is 31.0 Å². The van der Waals surface area contributed by atoms with Crippen LogP contribution in [-0.2, 0) is 16.1 Å². The average molecular weight is 326 g/mol. The Morgan fingerprint density at radius 2 is 1.88 bits per heavy atom. The van der Waals surface area contributed by atoms with E-state index in [4.69, 9.17) is 4.42 Å². The summed E-state index contributed by atoms with van der Waals surface area (Å²) in [6.45, 7) is 0.0868. The third-order valence-electron chi connectivity index (χ3n) is 4.54. The fourth-order valence-electron chi connectivity index (χ4n) is 3.32. The molecule has 1 aromatic carbocycles. The molecule has 0 N–H and O–H groups in total. The van der Waals surface area contributed by atoms with Crippen LogP contribution >= 0.6 is 0 Å². The maximum Gasteiger partial charge on any atom is 0.233 e. The monoisotopic (exact) mass is 326 g/mol. The highest BCUT2D eigenvalue weighted by Crippen LogP contribution is 2.35. The summed E-state index contributed by atoms with van der Waals surface area (Å²) >= 11 is 0. The quantitative estimate of drug-likeness (QED) is 0.643. The first kappa shape index (κ1) is 14.8. The van der Waals surface area contributed by atoms with E-state index in [-0.39, 0.29) is 41.9 Å². The van der Waals surface area contributed by atoms with Gasteiger partial charge in [0.05, 0.1) is 24.1 Å². The van der Waals surface area contributed by atoms with Gasteiger partial charge >= 0.3 is 0 Å². The molecule has 1 aliphatic carbocycles. The lowest BCUT2D eigenvalue weighted by Crippen LogP contribution is -2.30. The number of imide groups is 1. The van der Waals surface area contributed by atoms with Crippen molar-refractivity contribution in [2.75, 3.05) is 0 Å². The van der Waals surface area contributed by atoms with Crippen molar-refractivity contribution in [3.8, 4) is 11.5 Å². The number of benzene rings is 1. The van der Waals surface area contributed by atoms with Gasteiger partial charge < -0.3 is 4.42 Å². The minimum absolute atomic E-state index is 0.0868. The summed E-state index contributed by atoms with van der Waals surface area (Å²) in [5, 5.41) is 0. The normalized spacial score (nSPS) is 23.0. The number of fused-ring (bicyclic) bond motifs is 1. The Morgan fingerprint density at radius 3 is 2.54 bits per heavy atom. The summed E-state index contributed by atoms with van der Waals surface area (Å²) in [5.41, 5.74) is 0.987. The van der Waals surface area contributed by atoms with Gasteiger partial charge in [0.1, 0.15) is 12.1 Å². The average Bonchev–Trinajstić information content (AvgIpc) is 3.15. The van der Waals surface area contributed by atoms with E-state index in [2.05, 4.69) is 4.98 Å². The van der Waals surface area contributed by atoms with E-state index >= 15 is 0 Å². The van der Waals surface area contributed by atoms with Crippen LogP contribution in [0.4, 0.5) is 4.39 Å². The predicted octanol–water partition coefficient (Wildman–Crippen LogP) is 2.93. The van der Waals surface area contributed by atoms with Crippen LogP contribution in [0.5, 0.6) is 0 Å². The van der Waals surface area contributed by atoms with E-state index in [1.165, 1.54) is 23.3 Å². The molecule has 24 heavy (non-hydrogen) atoms. The number of hydrogen-bond acceptors (Lipinski definition) is 4. The molecule has 1 fully saturated rings. The maximum atomic E-state index is 13.3. The van der Waals surface area contributed by atoms with Gasteiger partial charge in [0.2, 0.25) is 17.7 Å². The van der Waals surface area contributed by atoms with E-state index < -0.39 is 0 Å². The van der Waals surface area contributed by atoms with E-state index in [0.29, 0.717) is 24.1 Å². The number of aromatic nitrogens is 1. The zero-order valence-corrected chi connectivity index (χ0v) is 12.8. The third kappa shape index (κ3) is 2.44. The van der Waals surface area contributed by atoms with Crippen molar-refractivity contribution in [3.05, 3.63) is 54.2 Å². The summed E-state index contributed by atoms with van der Waals surface area (Å²) in [6.07, 6.45) is 6.53. The molecule has 2 atom stereocenters. The lowest BCUT2D eigenvalue weighted by Gasteiger charge is -2.14. The van der Waals surface area contributed by atoms with Gasteiger partial charge in [-0.2, -0.15) is 0 Å². The summed E-state index contributed by atoms with van der Waals surface area (Å²) in [5.74, 6) is -0.917. The molecule has 0 unspecified atom stereocenters. The van der Waals surface area contributed by atoms with Crippen LogP contribution in [0.2, 0.25) is 0 Å². The number of hydrogen-bond donors (Lipinski definition) is 0. The molecule has 1 aromatic heterocycles. The number of nitrogens with zero attached hydrogens (tertiary/aromatic N) is 2. The lowest BCUT2D eigenvalue weighted by molar-refractivity contribution is -0.140. The van der Waals surface area contributed by atoms with Crippen molar-refractivity contribution in [2.45, 2.75) is 19.4 Å². The van der Waals surface area contributed by atoms with Crippen LogP contribution in [-0.4, -0.2) is 21.7 Å². The Bertz CT molecular complexity index is 816. The molecule has 5 nitrogen and oxygen atoms in total. The smallest absolute Gasteiger partial charge is 0.233 e. The van der Waals surface area contributed by atoms with Crippen molar-refractivity contribution >= 4 is 11.8 Å². The highest BCUT2D eigenvalue weighted by molar-refractivity contribution is 6.05. The molecule has 122 valence electrons. The minimum atomic E-state index is -0.381. The van der Waals surface area contributed by atoms with Crippen molar-refractivity contribution in [3.63, 3.8) is 0 Å². The molecule has 0 bridgehead atoms. The fraction of sp³-hybridized carbons (Fsp3) is 0.278. The molecular weight excluding hydrogens is 311 g/mol. The summed E-state index contributed by atoms with van der Waals surface area (Å²) < 4.78 is 18.7. The number of carbonyl (C=O) groups is 2. The van der Waals surface area contributed by atoms with E-state index in [9.17, 15) is 14.0 Å². The van der Waals surface area contributed by atoms with Gasteiger partial charge in [-0.1, -0.05) is 18.2 Å². The number of oxazole rings is 1. The van der Waals surface area contributed by atoms with Crippen LogP contribution in [0.1, 0.15) is 18.5 Å². The Hall–Kier alpha value is -2.76. The first-order valence-corrected chi connectivity index (χ1v) is 7.84. The van der Waals surface area contributed by atoms with Crippen molar-refractivity contribution < 1.29 is 18.4 Å². The van der Waals surface area contributed by atoms with Crippen LogP contribution in [0.15, 0.2) is 47.1 Å². The Kier molecular flexibility index (Phi) is 3.52. The number of likely N-dealkylation sites (tertiary alicyclic amines) is 1. The van der Waals surface area contributed by atoms with E-state index in [1.807, 2.05) is 12.2 Å². The summed E-state index contributed by atoms with van der Waals surface area (Å²) in [4.78, 5) is 30.4. The maximum absolute atomic E-state index is 13.3. The minimum Gasteiger partial charge on any atom is -0.444 e. The molecular formula is C18H15FN2O3. The zero-order valence-electron chi connectivity index (χ0n) is 12.8. The Morgan fingerprint density at radius 1 is 1.17 bits per heavy atom. The molecule has 2 aromatic rings. The van der Waals surface area contributed by atoms with Crippen LogP contribution in [0, 0.1) is 17.7 Å². The zero-order chi connectivity index (χ0) is 16.7. The van der Waals surface area contributed by atoms with Gasteiger partial charge in [0, 0.05) is 5.56 Å². The molecule has 1 aliphatic heterocycles. The first-order chi connectivity index (χ1) is 11.6. The van der Waals surface area contributed by atoms with Gasteiger partial charge in [-0.25, -0.2) is 9.37 Å². The molecule has 1 saturated heterocycles. The topological polar surface area (TPSA) is 63.4 Å². The lowest BCUT2D eigenvalue weighted by atomic mass is 9.85. The molecule has 0 spiro atoms. The number of halogens is 1. The fourth-order valence-corrected chi connectivity index (χ4v) is 3.32. The molecule has 2 heterocycles. The van der Waals surface area contributed by atoms with E-state index in [1.54, 1.807) is 12.1 Å². The number of allylic oxidation sites excluding steroid dienone is 2. The third-order valence-corrected chi connectivity index (χ3v) is 4.54. The molecule has 2 aliphatic rings. The highest BCUT2D eigenvalue weighted by atomic mass is 19.1. The number of rotatable bonds is 3. The summed E-state index contributed by atoms with van der Waals surface area (Å²) in [7, 11) is 0. The standard InChI is InChI=1S/C18H15FN2O3/c19-12-5-3-4-11(8-12)16-20-13(10-24-16)9-21-17(22)14-6-1-2-7-15(14)18(21)23/h1-5,8,10,14-15H,6-7,9H2/t14-,15-/m0/s1. The SMILES string of the molecule is O=C1[C@H]2CC=CC[C@@H]2C(=O)N1Cc1coc(-c2cccc(F)c2)n1. The van der Waals surface area contributed by atoms with Gasteiger partial charge in [-0.15, -0.1) is 0 Å². The van der Waals surface area contributed by atoms with Gasteiger partial charge in [0.15, 0.2) is 0 Å². The molecule has 2 amide bonds. The second-order valence-electron chi connectivity index (χ2n) is 6.07. The van der Waals surface area contributed by atoms with Crippen LogP contribution in [0.25, 0.3) is 11.5 Å². The van der Waals surface area contributed by atoms with Gasteiger partial charge in [-0.3, -0.25) is 14.5 Å². The second-order valence-corrected chi connectivity index (χ2v) is 6.07. The largest absolute Gasteiger partial charge is 0.444 e. The predicted molar refractivity (Wildman–Crippen MR) is 82.8 cm³/mol. The van der Waals surface area contributed by atoms with Crippen molar-refractivity contribution in [2.24, 2.45) is 11.8 Å². The Labute approximate surface area is 137 Å². The van der Waals surface area contributed by atoms with Gasteiger partial charge in [0.25, 0.3) is 0 Å². The first-order valence-electron chi connectivity index (χ1n) is 7.84. The van der Waals surface area contributed by atoms with Crippen molar-refractivity contribution in [1.29, 1.82) is 0 Å². The van der Waals surface area contributed by atoms with Crippen molar-refractivity contribution in [1.82, 2.24) is 9.88 Å².